The number of hydrogen-bond donors (Lipinski definition) is 1. The van der Waals surface area contributed by atoms with Gasteiger partial charge in [-0.1, -0.05) is 28.1 Å². The molecular weight excluding hydrogens is 276 g/mol. The van der Waals surface area contributed by atoms with Crippen LogP contribution in [0, 0.1) is 17.8 Å². The van der Waals surface area contributed by atoms with E-state index >= 15 is 0 Å². The van der Waals surface area contributed by atoms with Crippen LogP contribution >= 0.6 is 15.9 Å². The summed E-state index contributed by atoms with van der Waals surface area (Å²) in [5, 5.41) is 9.22. The summed E-state index contributed by atoms with van der Waals surface area (Å²) in [6.45, 7) is 1.98. The van der Waals surface area contributed by atoms with Gasteiger partial charge in [0.1, 0.15) is 4.32 Å². The van der Waals surface area contributed by atoms with E-state index in [1.807, 2.05) is 12.2 Å². The van der Waals surface area contributed by atoms with E-state index < -0.39 is 22.2 Å². The lowest BCUT2D eigenvalue weighted by Crippen LogP contribution is -2.47. The van der Waals surface area contributed by atoms with Gasteiger partial charge in [-0.25, -0.2) is 0 Å². The number of ether oxygens (including phenoxy) is 1. The molecule has 88 valence electrons. The molecule has 0 saturated heterocycles. The SMILES string of the molecule is CCOC(=O)[C@]1(Br)[C@@H]2C=C[C@@H](C2)[C@@H]1C(=O)O. The van der Waals surface area contributed by atoms with Gasteiger partial charge in [-0.2, -0.15) is 0 Å². The number of carbonyl (C=O) groups excluding carboxylic acids is 1. The molecule has 4 atom stereocenters. The van der Waals surface area contributed by atoms with E-state index in [2.05, 4.69) is 15.9 Å². The van der Waals surface area contributed by atoms with Crippen molar-refractivity contribution in [1.29, 1.82) is 0 Å². The lowest BCUT2D eigenvalue weighted by molar-refractivity contribution is -0.155. The van der Waals surface area contributed by atoms with Crippen molar-refractivity contribution in [2.45, 2.75) is 17.7 Å². The van der Waals surface area contributed by atoms with Crippen molar-refractivity contribution in [2.24, 2.45) is 17.8 Å². The van der Waals surface area contributed by atoms with Crippen molar-refractivity contribution in [2.75, 3.05) is 6.61 Å². The topological polar surface area (TPSA) is 63.6 Å². The van der Waals surface area contributed by atoms with E-state index in [1.165, 1.54) is 0 Å². The molecule has 16 heavy (non-hydrogen) atoms. The summed E-state index contributed by atoms with van der Waals surface area (Å²) in [6, 6.07) is 0. The number of rotatable bonds is 3. The Morgan fingerprint density at radius 3 is 2.81 bits per heavy atom. The van der Waals surface area contributed by atoms with Crippen LogP contribution in [0.5, 0.6) is 0 Å². The van der Waals surface area contributed by atoms with Gasteiger partial charge in [0.25, 0.3) is 0 Å². The Labute approximate surface area is 102 Å². The Morgan fingerprint density at radius 2 is 2.25 bits per heavy atom. The summed E-state index contributed by atoms with van der Waals surface area (Å²) in [6.07, 6.45) is 4.51. The average Bonchev–Trinajstić information content (AvgIpc) is 2.76. The Morgan fingerprint density at radius 1 is 1.56 bits per heavy atom. The largest absolute Gasteiger partial charge is 0.481 e. The predicted molar refractivity (Wildman–Crippen MR) is 60.2 cm³/mol. The number of carbonyl (C=O) groups is 2. The number of carboxylic acid groups (broad SMARTS) is 1. The van der Waals surface area contributed by atoms with Crippen molar-refractivity contribution in [3.05, 3.63) is 12.2 Å². The minimum absolute atomic E-state index is 0.0636. The van der Waals surface area contributed by atoms with E-state index in [0.29, 0.717) is 6.42 Å². The molecule has 2 aliphatic rings. The Bertz CT molecular complexity index is 365. The molecule has 0 unspecified atom stereocenters. The quantitative estimate of drug-likeness (QED) is 0.487. The maximum Gasteiger partial charge on any atom is 0.324 e. The predicted octanol–water partition coefficient (Wildman–Crippen LogP) is 1.59. The summed E-state index contributed by atoms with van der Waals surface area (Å²) in [4.78, 5) is 23.1. The van der Waals surface area contributed by atoms with E-state index in [4.69, 9.17) is 4.74 Å². The Hall–Kier alpha value is -0.840. The third-order valence-electron chi connectivity index (χ3n) is 3.39. The summed E-state index contributed by atoms with van der Waals surface area (Å²) in [5.41, 5.74) is 0. The smallest absolute Gasteiger partial charge is 0.324 e. The average molecular weight is 289 g/mol. The van der Waals surface area contributed by atoms with Gasteiger partial charge in [-0.3, -0.25) is 9.59 Å². The molecule has 0 aromatic rings. The molecule has 0 aromatic heterocycles. The van der Waals surface area contributed by atoms with Crippen LogP contribution in [0.15, 0.2) is 12.2 Å². The molecule has 0 aromatic carbocycles. The summed E-state index contributed by atoms with van der Waals surface area (Å²) in [7, 11) is 0. The van der Waals surface area contributed by atoms with E-state index in [0.717, 1.165) is 0 Å². The number of hydrogen-bond acceptors (Lipinski definition) is 3. The van der Waals surface area contributed by atoms with Crippen LogP contribution in [-0.2, 0) is 14.3 Å². The van der Waals surface area contributed by atoms with Gasteiger partial charge in [0.05, 0.1) is 12.5 Å². The fraction of sp³-hybridized carbons (Fsp3) is 0.636. The number of esters is 1. The number of allylic oxidation sites excluding steroid dienone is 2. The van der Waals surface area contributed by atoms with Gasteiger partial charge in [-0.15, -0.1) is 0 Å². The summed E-state index contributed by atoms with van der Waals surface area (Å²) in [5.74, 6) is -2.26. The Kier molecular flexibility index (Phi) is 2.82. The van der Waals surface area contributed by atoms with Crippen LogP contribution in [0.25, 0.3) is 0 Å². The van der Waals surface area contributed by atoms with E-state index in [9.17, 15) is 14.7 Å². The molecule has 0 spiro atoms. The number of halogens is 1. The maximum absolute atomic E-state index is 11.9. The normalized spacial score (nSPS) is 40.0. The standard InChI is InChI=1S/C11H13BrO4/c1-2-16-10(15)11(12)7-4-3-6(5-7)8(11)9(13)14/h3-4,6-8H,2,5H2,1H3,(H,13,14)/t6-,7+,8+,11-/m0/s1. The van der Waals surface area contributed by atoms with E-state index in [1.54, 1.807) is 6.92 Å². The second kappa shape index (κ2) is 3.87. The zero-order valence-corrected chi connectivity index (χ0v) is 10.4. The molecular formula is C11H13BrO4. The van der Waals surface area contributed by atoms with Crippen molar-refractivity contribution in [1.82, 2.24) is 0 Å². The zero-order chi connectivity index (χ0) is 11.9. The third-order valence-corrected chi connectivity index (χ3v) is 4.80. The first-order valence-electron chi connectivity index (χ1n) is 5.29. The highest BCUT2D eigenvalue weighted by Gasteiger charge is 2.63. The van der Waals surface area contributed by atoms with Crippen LogP contribution < -0.4 is 0 Å². The second-order valence-corrected chi connectivity index (χ2v) is 5.51. The molecule has 2 rings (SSSR count). The molecule has 1 saturated carbocycles. The minimum Gasteiger partial charge on any atom is -0.481 e. The number of fused-ring (bicyclic) bond motifs is 2. The van der Waals surface area contributed by atoms with Crippen molar-refractivity contribution in [3.63, 3.8) is 0 Å². The van der Waals surface area contributed by atoms with E-state index in [-0.39, 0.29) is 18.4 Å². The number of alkyl halides is 1. The molecule has 2 bridgehead atoms. The molecule has 5 heteroatoms. The van der Waals surface area contributed by atoms with Gasteiger partial charge in [0.2, 0.25) is 0 Å². The number of aliphatic carboxylic acids is 1. The van der Waals surface area contributed by atoms with Crippen LogP contribution in [0.1, 0.15) is 13.3 Å². The first-order valence-corrected chi connectivity index (χ1v) is 6.08. The molecule has 0 amide bonds. The van der Waals surface area contributed by atoms with Crippen molar-refractivity contribution >= 4 is 27.9 Å². The Balaban J connectivity index is 2.34. The third kappa shape index (κ3) is 1.41. The van der Waals surface area contributed by atoms with Crippen LogP contribution in [0.4, 0.5) is 0 Å². The van der Waals surface area contributed by atoms with Crippen LogP contribution in [0.3, 0.4) is 0 Å². The van der Waals surface area contributed by atoms with Gasteiger partial charge in [0, 0.05) is 5.92 Å². The number of carboxylic acids is 1. The second-order valence-electron chi connectivity index (χ2n) is 4.20. The fourth-order valence-corrected chi connectivity index (χ4v) is 3.70. The van der Waals surface area contributed by atoms with Crippen LogP contribution in [-0.4, -0.2) is 28.0 Å². The minimum atomic E-state index is -1.08. The highest BCUT2D eigenvalue weighted by Crippen LogP contribution is 2.55. The highest BCUT2D eigenvalue weighted by molar-refractivity contribution is 9.10. The lowest BCUT2D eigenvalue weighted by atomic mass is 9.83. The first kappa shape index (κ1) is 11.6. The van der Waals surface area contributed by atoms with Gasteiger partial charge in [0.15, 0.2) is 0 Å². The highest BCUT2D eigenvalue weighted by atomic mass is 79.9. The maximum atomic E-state index is 11.9. The van der Waals surface area contributed by atoms with Crippen molar-refractivity contribution < 1.29 is 19.4 Å². The van der Waals surface area contributed by atoms with Gasteiger partial charge in [-0.05, 0) is 19.3 Å². The molecule has 1 fully saturated rings. The zero-order valence-electron chi connectivity index (χ0n) is 8.85. The van der Waals surface area contributed by atoms with Gasteiger partial charge < -0.3 is 9.84 Å². The molecule has 0 aliphatic heterocycles. The summed E-state index contributed by atoms with van der Waals surface area (Å²) < 4.78 is 3.90. The molecule has 1 N–H and O–H groups in total. The molecule has 0 radical (unpaired) electrons. The van der Waals surface area contributed by atoms with Crippen molar-refractivity contribution in [3.8, 4) is 0 Å². The van der Waals surface area contributed by atoms with Gasteiger partial charge >= 0.3 is 11.9 Å². The molecule has 4 nitrogen and oxygen atoms in total. The fourth-order valence-electron chi connectivity index (χ4n) is 2.71. The van der Waals surface area contributed by atoms with Crippen LogP contribution in [0.2, 0.25) is 0 Å². The molecule has 2 aliphatic carbocycles. The first-order chi connectivity index (χ1) is 7.51. The lowest BCUT2D eigenvalue weighted by Gasteiger charge is -2.31. The summed E-state index contributed by atoms with van der Waals surface area (Å²) >= 11 is 3.33. The molecule has 0 heterocycles. The monoisotopic (exact) mass is 288 g/mol.